The standard InChI is InChI=1S/C15H23N3O2/c1-10(2)15-13-6-5-11(8-14(13)17-18-15)20-12(9-16)4-3-7-19/h5-6,8,10,12,19H,3-4,7,9,16H2,1-2H3,(H,17,18). The highest BCUT2D eigenvalue weighted by Crippen LogP contribution is 2.26. The molecule has 5 heteroatoms. The molecule has 4 N–H and O–H groups in total. The van der Waals surface area contributed by atoms with E-state index in [0.29, 0.717) is 18.9 Å². The summed E-state index contributed by atoms with van der Waals surface area (Å²) < 4.78 is 5.85. The van der Waals surface area contributed by atoms with Crippen LogP contribution in [0.5, 0.6) is 5.75 Å². The molecule has 0 aliphatic heterocycles. The Labute approximate surface area is 119 Å². The van der Waals surface area contributed by atoms with Crippen molar-refractivity contribution in [3.63, 3.8) is 0 Å². The quantitative estimate of drug-likeness (QED) is 0.724. The molecule has 2 rings (SSSR count). The fourth-order valence-electron chi connectivity index (χ4n) is 2.26. The fourth-order valence-corrected chi connectivity index (χ4v) is 2.26. The maximum Gasteiger partial charge on any atom is 0.122 e. The number of aliphatic hydroxyl groups excluding tert-OH is 1. The van der Waals surface area contributed by atoms with Crippen molar-refractivity contribution in [3.05, 3.63) is 23.9 Å². The molecule has 1 aromatic heterocycles. The van der Waals surface area contributed by atoms with Gasteiger partial charge in [0.2, 0.25) is 0 Å². The first-order valence-electron chi connectivity index (χ1n) is 7.11. The third-order valence-corrected chi connectivity index (χ3v) is 3.38. The van der Waals surface area contributed by atoms with Gasteiger partial charge in [-0.3, -0.25) is 5.10 Å². The molecular weight excluding hydrogens is 254 g/mol. The van der Waals surface area contributed by atoms with Crippen LogP contribution in [0.1, 0.15) is 38.3 Å². The zero-order valence-corrected chi connectivity index (χ0v) is 12.1. The minimum absolute atomic E-state index is 0.0666. The maximum absolute atomic E-state index is 8.86. The summed E-state index contributed by atoms with van der Waals surface area (Å²) in [6.45, 7) is 4.87. The summed E-state index contributed by atoms with van der Waals surface area (Å²) in [4.78, 5) is 0. The zero-order valence-electron chi connectivity index (χ0n) is 12.1. The number of benzene rings is 1. The van der Waals surface area contributed by atoms with Gasteiger partial charge in [0.05, 0.1) is 5.52 Å². The number of rotatable bonds is 7. The minimum atomic E-state index is -0.0666. The van der Waals surface area contributed by atoms with Crippen LogP contribution >= 0.6 is 0 Å². The second-order valence-electron chi connectivity index (χ2n) is 5.31. The molecule has 0 aliphatic carbocycles. The Hall–Kier alpha value is -1.59. The normalized spacial score (nSPS) is 13.1. The number of hydrogen-bond donors (Lipinski definition) is 3. The van der Waals surface area contributed by atoms with E-state index in [1.54, 1.807) is 0 Å². The number of H-pyrrole nitrogens is 1. The number of fused-ring (bicyclic) bond motifs is 1. The Balaban J connectivity index is 2.15. The predicted molar refractivity (Wildman–Crippen MR) is 80.0 cm³/mol. The van der Waals surface area contributed by atoms with Gasteiger partial charge in [0.15, 0.2) is 0 Å². The summed E-state index contributed by atoms with van der Waals surface area (Å²) in [7, 11) is 0. The number of aromatic nitrogens is 2. The molecule has 1 atom stereocenters. The lowest BCUT2D eigenvalue weighted by atomic mass is 10.1. The maximum atomic E-state index is 8.86. The molecule has 0 fully saturated rings. The number of hydrogen-bond acceptors (Lipinski definition) is 4. The van der Waals surface area contributed by atoms with Crippen molar-refractivity contribution in [2.75, 3.05) is 13.2 Å². The Morgan fingerprint density at radius 1 is 1.40 bits per heavy atom. The molecule has 2 aromatic rings. The van der Waals surface area contributed by atoms with Crippen molar-refractivity contribution < 1.29 is 9.84 Å². The largest absolute Gasteiger partial charge is 0.489 e. The van der Waals surface area contributed by atoms with E-state index < -0.39 is 0 Å². The molecular formula is C15H23N3O2. The first-order chi connectivity index (χ1) is 9.65. The summed E-state index contributed by atoms with van der Waals surface area (Å²) in [6.07, 6.45) is 1.38. The summed E-state index contributed by atoms with van der Waals surface area (Å²) in [6, 6.07) is 5.91. The first kappa shape index (κ1) is 14.8. The number of ether oxygens (including phenoxy) is 1. The molecule has 1 aromatic carbocycles. The number of nitrogens with two attached hydrogens (primary N) is 1. The summed E-state index contributed by atoms with van der Waals surface area (Å²) in [5.41, 5.74) is 7.74. The van der Waals surface area contributed by atoms with E-state index in [0.717, 1.165) is 28.8 Å². The van der Waals surface area contributed by atoms with E-state index in [2.05, 4.69) is 24.0 Å². The fraction of sp³-hybridized carbons (Fsp3) is 0.533. The molecule has 0 saturated heterocycles. The Bertz CT molecular complexity index is 551. The molecule has 5 nitrogen and oxygen atoms in total. The second-order valence-corrected chi connectivity index (χ2v) is 5.31. The van der Waals surface area contributed by atoms with Crippen LogP contribution in [0.4, 0.5) is 0 Å². The lowest BCUT2D eigenvalue weighted by molar-refractivity contribution is 0.179. The molecule has 0 aliphatic rings. The van der Waals surface area contributed by atoms with Gasteiger partial charge in [0.25, 0.3) is 0 Å². The van der Waals surface area contributed by atoms with E-state index in [-0.39, 0.29) is 12.7 Å². The van der Waals surface area contributed by atoms with E-state index in [1.807, 2.05) is 18.2 Å². The van der Waals surface area contributed by atoms with Crippen molar-refractivity contribution in [2.24, 2.45) is 5.73 Å². The van der Waals surface area contributed by atoms with Crippen LogP contribution in [0, 0.1) is 0 Å². The van der Waals surface area contributed by atoms with E-state index >= 15 is 0 Å². The lowest BCUT2D eigenvalue weighted by Crippen LogP contribution is -2.26. The van der Waals surface area contributed by atoms with Crippen LogP contribution in [-0.4, -0.2) is 34.6 Å². The van der Waals surface area contributed by atoms with Gasteiger partial charge < -0.3 is 15.6 Å². The molecule has 0 amide bonds. The molecule has 0 bridgehead atoms. The smallest absolute Gasteiger partial charge is 0.122 e. The highest BCUT2D eigenvalue weighted by Gasteiger charge is 2.12. The van der Waals surface area contributed by atoms with Crippen molar-refractivity contribution in [1.29, 1.82) is 0 Å². The van der Waals surface area contributed by atoms with Crippen LogP contribution < -0.4 is 10.5 Å². The first-order valence-corrected chi connectivity index (χ1v) is 7.11. The van der Waals surface area contributed by atoms with Gasteiger partial charge in [0.1, 0.15) is 11.9 Å². The molecule has 110 valence electrons. The van der Waals surface area contributed by atoms with Crippen molar-refractivity contribution >= 4 is 10.9 Å². The highest BCUT2D eigenvalue weighted by atomic mass is 16.5. The van der Waals surface area contributed by atoms with E-state index in [9.17, 15) is 0 Å². The van der Waals surface area contributed by atoms with Gasteiger partial charge in [-0.05, 0) is 30.9 Å². The lowest BCUT2D eigenvalue weighted by Gasteiger charge is -2.17. The molecule has 1 unspecified atom stereocenters. The Morgan fingerprint density at radius 2 is 2.20 bits per heavy atom. The number of aliphatic hydroxyl groups is 1. The van der Waals surface area contributed by atoms with Crippen molar-refractivity contribution in [2.45, 2.75) is 38.7 Å². The number of nitrogens with zero attached hydrogens (tertiary/aromatic N) is 1. The van der Waals surface area contributed by atoms with Crippen LogP contribution in [0.2, 0.25) is 0 Å². The molecule has 0 saturated carbocycles. The third-order valence-electron chi connectivity index (χ3n) is 3.38. The van der Waals surface area contributed by atoms with E-state index in [4.69, 9.17) is 15.6 Å². The number of nitrogens with one attached hydrogen (secondary N) is 1. The van der Waals surface area contributed by atoms with Gasteiger partial charge in [0, 0.05) is 30.3 Å². The van der Waals surface area contributed by atoms with Gasteiger partial charge in [-0.15, -0.1) is 0 Å². The predicted octanol–water partition coefficient (Wildman–Crippen LogP) is 2.16. The zero-order chi connectivity index (χ0) is 14.5. The van der Waals surface area contributed by atoms with Crippen molar-refractivity contribution in [3.8, 4) is 5.75 Å². The van der Waals surface area contributed by atoms with E-state index in [1.165, 1.54) is 0 Å². The number of aromatic amines is 1. The molecule has 1 heterocycles. The molecule has 20 heavy (non-hydrogen) atoms. The van der Waals surface area contributed by atoms with Gasteiger partial charge in [-0.25, -0.2) is 0 Å². The minimum Gasteiger partial charge on any atom is -0.489 e. The Kier molecular flexibility index (Phi) is 4.98. The van der Waals surface area contributed by atoms with Crippen LogP contribution in [0.3, 0.4) is 0 Å². The second kappa shape index (κ2) is 6.72. The SMILES string of the molecule is CC(C)c1[nH]nc2cc(OC(CN)CCCO)ccc12. The molecule has 0 spiro atoms. The average Bonchev–Trinajstić information content (AvgIpc) is 2.86. The van der Waals surface area contributed by atoms with Crippen LogP contribution in [0.15, 0.2) is 18.2 Å². The summed E-state index contributed by atoms with van der Waals surface area (Å²) in [5, 5.41) is 17.4. The third kappa shape index (κ3) is 3.29. The van der Waals surface area contributed by atoms with Gasteiger partial charge in [-0.1, -0.05) is 13.8 Å². The summed E-state index contributed by atoms with van der Waals surface area (Å²) in [5.74, 6) is 1.18. The van der Waals surface area contributed by atoms with Crippen LogP contribution in [-0.2, 0) is 0 Å². The van der Waals surface area contributed by atoms with Gasteiger partial charge >= 0.3 is 0 Å². The van der Waals surface area contributed by atoms with Crippen LogP contribution in [0.25, 0.3) is 10.9 Å². The van der Waals surface area contributed by atoms with Gasteiger partial charge in [-0.2, -0.15) is 5.10 Å². The van der Waals surface area contributed by atoms with Crippen molar-refractivity contribution in [1.82, 2.24) is 10.2 Å². The monoisotopic (exact) mass is 277 g/mol. The Morgan fingerprint density at radius 3 is 2.85 bits per heavy atom. The average molecular weight is 277 g/mol. The summed E-state index contributed by atoms with van der Waals surface area (Å²) >= 11 is 0. The molecule has 0 radical (unpaired) electrons. The topological polar surface area (TPSA) is 84.2 Å². The highest BCUT2D eigenvalue weighted by molar-refractivity contribution is 5.83.